The molecule has 0 unspecified atom stereocenters. The van der Waals surface area contributed by atoms with Gasteiger partial charge in [0.15, 0.2) is 0 Å². The van der Waals surface area contributed by atoms with Gasteiger partial charge in [-0.2, -0.15) is 13.2 Å². The molecule has 5 rings (SSSR count). The van der Waals surface area contributed by atoms with Crippen LogP contribution in [0.5, 0.6) is 0 Å². The Morgan fingerprint density at radius 2 is 1.27 bits per heavy atom. The summed E-state index contributed by atoms with van der Waals surface area (Å²) in [5.41, 5.74) is 1.88. The summed E-state index contributed by atoms with van der Waals surface area (Å²) >= 11 is 0. The Hall–Kier alpha value is -3.60. The van der Waals surface area contributed by atoms with Crippen molar-refractivity contribution in [2.75, 3.05) is 0 Å². The van der Waals surface area contributed by atoms with Crippen LogP contribution in [-0.4, -0.2) is 4.57 Å². The molecule has 148 valence electrons. The third-order valence-corrected chi connectivity index (χ3v) is 5.28. The van der Waals surface area contributed by atoms with Crippen molar-refractivity contribution in [2.24, 2.45) is 0 Å². The van der Waals surface area contributed by atoms with E-state index in [9.17, 15) is 17.6 Å². The van der Waals surface area contributed by atoms with Crippen molar-refractivity contribution in [3.63, 3.8) is 0 Å². The second-order valence-electron chi connectivity index (χ2n) is 7.11. The topological polar surface area (TPSA) is 4.93 Å². The Morgan fingerprint density at radius 1 is 0.633 bits per heavy atom. The fourth-order valence-electron chi connectivity index (χ4n) is 4.02. The minimum Gasteiger partial charge on any atom is -0.309 e. The van der Waals surface area contributed by atoms with E-state index in [4.69, 9.17) is 0 Å². The van der Waals surface area contributed by atoms with Crippen LogP contribution in [0.1, 0.15) is 5.56 Å². The lowest BCUT2D eigenvalue weighted by atomic mass is 9.98. The van der Waals surface area contributed by atoms with Crippen LogP contribution < -0.4 is 0 Å². The van der Waals surface area contributed by atoms with Crippen molar-refractivity contribution in [1.82, 2.24) is 4.57 Å². The number of halogens is 4. The van der Waals surface area contributed by atoms with Crippen molar-refractivity contribution in [3.05, 3.63) is 102 Å². The van der Waals surface area contributed by atoms with Gasteiger partial charge in [0.2, 0.25) is 0 Å². The standard InChI is InChI=1S/C25H15F4N/c26-17-12-13-22(25(27,28)29)21(15-17)16-6-5-7-18(14-16)30-23-10-3-1-8-19(23)20-9-2-4-11-24(20)30/h1-15H. The van der Waals surface area contributed by atoms with E-state index in [1.807, 2.05) is 59.2 Å². The number of nitrogens with zero attached hydrogens (tertiary/aromatic N) is 1. The highest BCUT2D eigenvalue weighted by molar-refractivity contribution is 6.09. The summed E-state index contributed by atoms with van der Waals surface area (Å²) in [4.78, 5) is 0. The van der Waals surface area contributed by atoms with Gasteiger partial charge in [0.25, 0.3) is 0 Å². The van der Waals surface area contributed by atoms with E-state index in [1.54, 1.807) is 18.2 Å². The van der Waals surface area contributed by atoms with Gasteiger partial charge in [-0.25, -0.2) is 4.39 Å². The van der Waals surface area contributed by atoms with Gasteiger partial charge in [0.05, 0.1) is 16.6 Å². The number of hydrogen-bond acceptors (Lipinski definition) is 0. The van der Waals surface area contributed by atoms with Gasteiger partial charge < -0.3 is 4.57 Å². The van der Waals surface area contributed by atoms with E-state index >= 15 is 0 Å². The van der Waals surface area contributed by atoms with Crippen LogP contribution in [0.4, 0.5) is 17.6 Å². The third kappa shape index (κ3) is 2.94. The van der Waals surface area contributed by atoms with E-state index < -0.39 is 17.6 Å². The molecule has 0 amide bonds. The van der Waals surface area contributed by atoms with Crippen molar-refractivity contribution < 1.29 is 17.6 Å². The van der Waals surface area contributed by atoms with Gasteiger partial charge in [-0.05, 0) is 53.6 Å². The average Bonchev–Trinajstić information content (AvgIpc) is 3.07. The van der Waals surface area contributed by atoms with Crippen LogP contribution >= 0.6 is 0 Å². The summed E-state index contributed by atoms with van der Waals surface area (Å²) in [6, 6.07) is 25.1. The summed E-state index contributed by atoms with van der Waals surface area (Å²) in [7, 11) is 0. The van der Waals surface area contributed by atoms with Crippen LogP contribution in [0.2, 0.25) is 0 Å². The molecular weight excluding hydrogens is 390 g/mol. The van der Waals surface area contributed by atoms with Crippen LogP contribution in [-0.2, 0) is 6.18 Å². The molecule has 5 aromatic rings. The van der Waals surface area contributed by atoms with Crippen molar-refractivity contribution in [1.29, 1.82) is 0 Å². The molecule has 0 bridgehead atoms. The molecule has 30 heavy (non-hydrogen) atoms. The van der Waals surface area contributed by atoms with Crippen molar-refractivity contribution in [3.8, 4) is 16.8 Å². The highest BCUT2D eigenvalue weighted by atomic mass is 19.4. The predicted molar refractivity (Wildman–Crippen MR) is 111 cm³/mol. The molecular formula is C25H15F4N. The number of fused-ring (bicyclic) bond motifs is 3. The molecule has 0 aliphatic carbocycles. The SMILES string of the molecule is Fc1ccc(C(F)(F)F)c(-c2cccc(-n3c4ccccc4c4ccccc43)c2)c1. The lowest BCUT2D eigenvalue weighted by Gasteiger charge is -2.15. The molecule has 0 N–H and O–H groups in total. The highest BCUT2D eigenvalue weighted by Gasteiger charge is 2.33. The minimum atomic E-state index is -4.58. The maximum absolute atomic E-state index is 13.8. The first-order valence-corrected chi connectivity index (χ1v) is 9.39. The second-order valence-corrected chi connectivity index (χ2v) is 7.11. The quantitative estimate of drug-likeness (QED) is 0.266. The summed E-state index contributed by atoms with van der Waals surface area (Å²) in [6.45, 7) is 0. The molecule has 0 spiro atoms. The zero-order valence-corrected chi connectivity index (χ0v) is 15.6. The van der Waals surface area contributed by atoms with E-state index in [1.165, 1.54) is 0 Å². The predicted octanol–water partition coefficient (Wildman–Crippen LogP) is 7.61. The van der Waals surface area contributed by atoms with Crippen LogP contribution in [0.3, 0.4) is 0 Å². The molecule has 0 fully saturated rings. The Kier molecular flexibility index (Phi) is 4.13. The van der Waals surface area contributed by atoms with E-state index in [2.05, 4.69) is 0 Å². The van der Waals surface area contributed by atoms with E-state index in [0.717, 1.165) is 40.0 Å². The third-order valence-electron chi connectivity index (χ3n) is 5.28. The lowest BCUT2D eigenvalue weighted by Crippen LogP contribution is -2.07. The zero-order chi connectivity index (χ0) is 20.9. The molecule has 0 atom stereocenters. The van der Waals surface area contributed by atoms with E-state index in [-0.39, 0.29) is 5.56 Å². The molecule has 1 nitrogen and oxygen atoms in total. The Bertz CT molecular complexity index is 1340. The first-order valence-electron chi connectivity index (χ1n) is 9.39. The number of alkyl halides is 3. The fraction of sp³-hybridized carbons (Fsp3) is 0.0400. The second kappa shape index (κ2) is 6.73. The number of hydrogen-bond donors (Lipinski definition) is 0. The van der Waals surface area contributed by atoms with Gasteiger partial charge >= 0.3 is 6.18 Å². The zero-order valence-electron chi connectivity index (χ0n) is 15.6. The lowest BCUT2D eigenvalue weighted by molar-refractivity contribution is -0.137. The summed E-state index contributed by atoms with van der Waals surface area (Å²) in [6.07, 6.45) is -4.58. The van der Waals surface area contributed by atoms with Gasteiger partial charge in [-0.15, -0.1) is 0 Å². The molecule has 1 aromatic heterocycles. The molecule has 5 heteroatoms. The van der Waals surface area contributed by atoms with E-state index in [0.29, 0.717) is 11.3 Å². The molecule has 1 heterocycles. The summed E-state index contributed by atoms with van der Waals surface area (Å²) < 4.78 is 56.4. The number of benzene rings is 4. The van der Waals surface area contributed by atoms with Crippen molar-refractivity contribution in [2.45, 2.75) is 6.18 Å². The normalized spacial score (nSPS) is 12.0. The summed E-state index contributed by atoms with van der Waals surface area (Å²) in [5.74, 6) is -0.708. The Balaban J connectivity index is 1.78. The highest BCUT2D eigenvalue weighted by Crippen LogP contribution is 2.39. The maximum atomic E-state index is 13.8. The first-order chi connectivity index (χ1) is 14.4. The number of aromatic nitrogens is 1. The molecule has 0 saturated heterocycles. The molecule has 0 saturated carbocycles. The largest absolute Gasteiger partial charge is 0.417 e. The fourth-order valence-corrected chi connectivity index (χ4v) is 4.02. The Morgan fingerprint density at radius 3 is 1.90 bits per heavy atom. The average molecular weight is 405 g/mol. The molecule has 4 aromatic carbocycles. The molecule has 0 radical (unpaired) electrons. The van der Waals surface area contributed by atoms with Crippen LogP contribution in [0.15, 0.2) is 91.0 Å². The van der Waals surface area contributed by atoms with Gasteiger partial charge in [0, 0.05) is 16.5 Å². The monoisotopic (exact) mass is 405 g/mol. The number of para-hydroxylation sites is 2. The Labute approximate surface area is 169 Å². The van der Waals surface area contributed by atoms with Crippen LogP contribution in [0, 0.1) is 5.82 Å². The van der Waals surface area contributed by atoms with Crippen molar-refractivity contribution >= 4 is 21.8 Å². The molecule has 0 aliphatic rings. The van der Waals surface area contributed by atoms with Gasteiger partial charge in [-0.1, -0.05) is 48.5 Å². The minimum absolute atomic E-state index is 0.176. The number of rotatable bonds is 2. The maximum Gasteiger partial charge on any atom is 0.417 e. The molecule has 0 aliphatic heterocycles. The first kappa shape index (κ1) is 18.4. The smallest absolute Gasteiger partial charge is 0.309 e. The summed E-state index contributed by atoms with van der Waals surface area (Å²) in [5, 5.41) is 2.11. The van der Waals surface area contributed by atoms with Gasteiger partial charge in [0.1, 0.15) is 5.82 Å². The van der Waals surface area contributed by atoms with Crippen LogP contribution in [0.25, 0.3) is 38.6 Å². The van der Waals surface area contributed by atoms with Gasteiger partial charge in [-0.3, -0.25) is 0 Å².